The molecule has 0 aliphatic rings. The predicted octanol–water partition coefficient (Wildman–Crippen LogP) is 4.26. The highest BCUT2D eigenvalue weighted by molar-refractivity contribution is 6.14. The van der Waals surface area contributed by atoms with Crippen LogP contribution in [0.5, 0.6) is 5.75 Å². The molecule has 0 aliphatic heterocycles. The van der Waals surface area contributed by atoms with E-state index in [1.807, 2.05) is 0 Å². The van der Waals surface area contributed by atoms with Gasteiger partial charge in [-0.15, -0.1) is 0 Å². The maximum absolute atomic E-state index is 12.3. The van der Waals surface area contributed by atoms with Gasteiger partial charge in [0, 0.05) is 5.56 Å². The smallest absolute Gasteiger partial charge is 0.349 e. The summed E-state index contributed by atoms with van der Waals surface area (Å²) in [6, 6.07) is 12.7. The molecule has 0 radical (unpaired) electrons. The van der Waals surface area contributed by atoms with Gasteiger partial charge in [0.25, 0.3) is 0 Å². The summed E-state index contributed by atoms with van der Waals surface area (Å²) in [6.45, 7) is 2.44. The quantitative estimate of drug-likeness (QED) is 0.276. The molecule has 2 aromatic carbocycles. The molecule has 0 saturated carbocycles. The third-order valence-electron chi connectivity index (χ3n) is 4.43. The molecule has 0 saturated heterocycles. The SMILES string of the molecule is CCCCCOC(=O)c1ccc(C(=N)c2c(O)c3ccccc3oc2=O)cc1. The topological polar surface area (TPSA) is 101 Å². The molecular formula is C22H21NO5. The van der Waals surface area contributed by atoms with Crippen molar-refractivity contribution in [3.63, 3.8) is 0 Å². The van der Waals surface area contributed by atoms with Gasteiger partial charge in [-0.25, -0.2) is 9.59 Å². The number of benzene rings is 2. The molecule has 6 heteroatoms. The number of unbranched alkanes of at least 4 members (excludes halogenated alkanes) is 2. The van der Waals surface area contributed by atoms with E-state index in [9.17, 15) is 14.7 Å². The second kappa shape index (κ2) is 8.52. The van der Waals surface area contributed by atoms with Crippen molar-refractivity contribution in [1.29, 1.82) is 5.41 Å². The third-order valence-corrected chi connectivity index (χ3v) is 4.43. The second-order valence-electron chi connectivity index (χ2n) is 6.40. The van der Waals surface area contributed by atoms with Crippen LogP contribution in [0.1, 0.15) is 47.7 Å². The van der Waals surface area contributed by atoms with Crippen LogP contribution in [0.15, 0.2) is 57.7 Å². The van der Waals surface area contributed by atoms with Crippen LogP contribution in [0.4, 0.5) is 0 Å². The molecule has 3 rings (SSSR count). The summed E-state index contributed by atoms with van der Waals surface area (Å²) in [6.07, 6.45) is 2.87. The van der Waals surface area contributed by atoms with E-state index < -0.39 is 11.6 Å². The molecule has 0 fully saturated rings. The maximum Gasteiger partial charge on any atom is 0.349 e. The summed E-state index contributed by atoms with van der Waals surface area (Å²) in [4.78, 5) is 24.3. The fourth-order valence-electron chi connectivity index (χ4n) is 2.87. The maximum atomic E-state index is 12.3. The predicted molar refractivity (Wildman–Crippen MR) is 106 cm³/mol. The number of fused-ring (bicyclic) bond motifs is 1. The molecular weight excluding hydrogens is 358 g/mol. The normalized spacial score (nSPS) is 10.8. The first kappa shape index (κ1) is 19.4. The van der Waals surface area contributed by atoms with Gasteiger partial charge >= 0.3 is 11.6 Å². The summed E-state index contributed by atoms with van der Waals surface area (Å²) in [5.74, 6) is -0.724. The fraction of sp³-hybridized carbons (Fsp3) is 0.227. The van der Waals surface area contributed by atoms with Gasteiger partial charge in [-0.2, -0.15) is 0 Å². The van der Waals surface area contributed by atoms with Crippen LogP contribution in [0.2, 0.25) is 0 Å². The molecule has 0 atom stereocenters. The molecule has 0 unspecified atom stereocenters. The van der Waals surface area contributed by atoms with E-state index in [1.165, 1.54) is 12.1 Å². The van der Waals surface area contributed by atoms with Crippen molar-refractivity contribution in [3.05, 3.63) is 75.6 Å². The Morgan fingerprint density at radius 3 is 2.46 bits per heavy atom. The number of nitrogens with one attached hydrogen (secondary N) is 1. The van der Waals surface area contributed by atoms with Crippen LogP contribution in [-0.4, -0.2) is 23.4 Å². The molecule has 0 bridgehead atoms. The Balaban J connectivity index is 1.83. The molecule has 1 aromatic heterocycles. The van der Waals surface area contributed by atoms with E-state index in [2.05, 4.69) is 6.92 Å². The Morgan fingerprint density at radius 2 is 1.75 bits per heavy atom. The van der Waals surface area contributed by atoms with E-state index in [1.54, 1.807) is 36.4 Å². The molecule has 1 heterocycles. The van der Waals surface area contributed by atoms with Crippen molar-refractivity contribution in [3.8, 4) is 5.75 Å². The van der Waals surface area contributed by atoms with Gasteiger partial charge in [-0.05, 0) is 30.7 Å². The highest BCUT2D eigenvalue weighted by Gasteiger charge is 2.19. The van der Waals surface area contributed by atoms with Gasteiger partial charge < -0.3 is 14.3 Å². The molecule has 0 amide bonds. The van der Waals surface area contributed by atoms with Gasteiger partial charge in [-0.1, -0.05) is 44.0 Å². The fourth-order valence-corrected chi connectivity index (χ4v) is 2.87. The Morgan fingerprint density at radius 1 is 1.07 bits per heavy atom. The molecule has 6 nitrogen and oxygen atoms in total. The van der Waals surface area contributed by atoms with Crippen molar-refractivity contribution in [1.82, 2.24) is 0 Å². The third kappa shape index (κ3) is 3.96. The summed E-state index contributed by atoms with van der Waals surface area (Å²) in [7, 11) is 0. The second-order valence-corrected chi connectivity index (χ2v) is 6.40. The van der Waals surface area contributed by atoms with Crippen LogP contribution < -0.4 is 5.63 Å². The summed E-state index contributed by atoms with van der Waals surface area (Å²) in [5.41, 5.74) is -0.194. The minimum absolute atomic E-state index is 0.181. The largest absolute Gasteiger partial charge is 0.506 e. The van der Waals surface area contributed by atoms with Crippen molar-refractivity contribution < 1.29 is 19.1 Å². The van der Waals surface area contributed by atoms with Crippen LogP contribution in [0, 0.1) is 5.41 Å². The van der Waals surface area contributed by atoms with Crippen molar-refractivity contribution in [2.24, 2.45) is 0 Å². The number of hydrogen-bond donors (Lipinski definition) is 2. The zero-order valence-electron chi connectivity index (χ0n) is 15.5. The van der Waals surface area contributed by atoms with Crippen LogP contribution in [0.25, 0.3) is 11.0 Å². The lowest BCUT2D eigenvalue weighted by atomic mass is 10.0. The van der Waals surface area contributed by atoms with Gasteiger partial charge in [0.1, 0.15) is 16.9 Å². The number of rotatable bonds is 7. The summed E-state index contributed by atoms with van der Waals surface area (Å²) in [5, 5.41) is 19.2. The lowest BCUT2D eigenvalue weighted by Gasteiger charge is -2.09. The molecule has 28 heavy (non-hydrogen) atoms. The molecule has 144 valence electrons. The zero-order chi connectivity index (χ0) is 20.1. The summed E-state index contributed by atoms with van der Waals surface area (Å²) >= 11 is 0. The Labute approximate surface area is 161 Å². The highest BCUT2D eigenvalue weighted by atomic mass is 16.5. The first-order valence-corrected chi connectivity index (χ1v) is 9.14. The van der Waals surface area contributed by atoms with E-state index in [4.69, 9.17) is 14.6 Å². The lowest BCUT2D eigenvalue weighted by Crippen LogP contribution is -2.15. The minimum atomic E-state index is -0.791. The number of aromatic hydroxyl groups is 1. The lowest BCUT2D eigenvalue weighted by molar-refractivity contribution is 0.0498. The van der Waals surface area contributed by atoms with Gasteiger partial charge in [0.15, 0.2) is 0 Å². The Hall–Kier alpha value is -3.41. The molecule has 0 aliphatic carbocycles. The molecule has 2 N–H and O–H groups in total. The minimum Gasteiger partial charge on any atom is -0.506 e. The molecule has 0 spiro atoms. The van der Waals surface area contributed by atoms with Crippen molar-refractivity contribution in [2.45, 2.75) is 26.2 Å². The number of ether oxygens (including phenoxy) is 1. The van der Waals surface area contributed by atoms with Crippen LogP contribution >= 0.6 is 0 Å². The van der Waals surface area contributed by atoms with Gasteiger partial charge in [-0.3, -0.25) is 5.41 Å². The van der Waals surface area contributed by atoms with Crippen LogP contribution in [0.3, 0.4) is 0 Å². The Bertz CT molecular complexity index is 1070. The number of carbonyl (C=O) groups is 1. The number of para-hydroxylation sites is 1. The highest BCUT2D eigenvalue weighted by Crippen LogP contribution is 2.27. The average molecular weight is 379 g/mol. The van der Waals surface area contributed by atoms with Crippen molar-refractivity contribution in [2.75, 3.05) is 6.61 Å². The van der Waals surface area contributed by atoms with Crippen LogP contribution in [-0.2, 0) is 4.74 Å². The van der Waals surface area contributed by atoms with Crippen molar-refractivity contribution >= 4 is 22.7 Å². The van der Waals surface area contributed by atoms with E-state index in [0.29, 0.717) is 23.1 Å². The summed E-state index contributed by atoms with van der Waals surface area (Å²) < 4.78 is 10.4. The van der Waals surface area contributed by atoms with Gasteiger partial charge in [0.05, 0.1) is 23.3 Å². The number of hydrogen-bond acceptors (Lipinski definition) is 6. The number of esters is 1. The standard InChI is InChI=1S/C22H21NO5/c1-2-3-6-13-27-21(25)15-11-9-14(10-12-15)19(23)18-20(24)16-7-4-5-8-17(16)28-22(18)26/h4-5,7-12,23-24H,2-3,6,13H2,1H3. The number of carbonyl (C=O) groups excluding carboxylic acids is 1. The first-order chi connectivity index (χ1) is 13.5. The van der Waals surface area contributed by atoms with E-state index in [-0.39, 0.29) is 22.6 Å². The van der Waals surface area contributed by atoms with E-state index in [0.717, 1.165) is 19.3 Å². The monoisotopic (exact) mass is 379 g/mol. The Kier molecular flexibility index (Phi) is 5.89. The van der Waals surface area contributed by atoms with Gasteiger partial charge in [0.2, 0.25) is 0 Å². The van der Waals surface area contributed by atoms with E-state index >= 15 is 0 Å². The zero-order valence-corrected chi connectivity index (χ0v) is 15.5. The first-order valence-electron chi connectivity index (χ1n) is 9.14. The average Bonchev–Trinajstić information content (AvgIpc) is 2.71. The molecule has 3 aromatic rings.